The number of nitrogen functional groups attached to an aromatic ring is 1. The second-order valence-corrected chi connectivity index (χ2v) is 4.20. The molecular formula is C12H11F3N4O. The summed E-state index contributed by atoms with van der Waals surface area (Å²) in [6.07, 6.45) is -3.42. The zero-order valence-corrected chi connectivity index (χ0v) is 10.5. The quantitative estimate of drug-likeness (QED) is 0.689. The number of aromatic nitrogens is 3. The van der Waals surface area contributed by atoms with Gasteiger partial charge in [0.15, 0.2) is 5.78 Å². The number of anilines is 1. The molecule has 0 bridgehead atoms. The number of ketones is 1. The van der Waals surface area contributed by atoms with Gasteiger partial charge in [-0.05, 0) is 18.2 Å². The third kappa shape index (κ3) is 2.79. The van der Waals surface area contributed by atoms with Crippen LogP contribution < -0.4 is 5.73 Å². The Morgan fingerprint density at radius 2 is 2.10 bits per heavy atom. The smallest absolute Gasteiger partial charge is 0.398 e. The van der Waals surface area contributed by atoms with Crippen LogP contribution in [0.5, 0.6) is 0 Å². The van der Waals surface area contributed by atoms with Crippen molar-refractivity contribution in [2.75, 3.05) is 5.73 Å². The van der Waals surface area contributed by atoms with Gasteiger partial charge < -0.3 is 5.73 Å². The fraction of sp³-hybridized carbons (Fsp3) is 0.250. The van der Waals surface area contributed by atoms with Crippen LogP contribution in [0.2, 0.25) is 0 Å². The first-order valence-electron chi connectivity index (χ1n) is 5.62. The Balaban J connectivity index is 2.32. The van der Waals surface area contributed by atoms with E-state index in [0.717, 1.165) is 18.2 Å². The van der Waals surface area contributed by atoms with Crippen LogP contribution in [0.4, 0.5) is 18.9 Å². The summed E-state index contributed by atoms with van der Waals surface area (Å²) in [7, 11) is 1.59. The largest absolute Gasteiger partial charge is 0.416 e. The van der Waals surface area contributed by atoms with Crippen LogP contribution in [-0.4, -0.2) is 20.5 Å². The molecule has 1 heterocycles. The minimum atomic E-state index is -4.52. The predicted octanol–water partition coefficient (Wildman–Crippen LogP) is 1.84. The van der Waals surface area contributed by atoms with E-state index in [-0.39, 0.29) is 17.7 Å². The van der Waals surface area contributed by atoms with Crippen LogP contribution in [0, 0.1) is 0 Å². The van der Waals surface area contributed by atoms with E-state index in [1.165, 1.54) is 11.0 Å². The Labute approximate surface area is 112 Å². The molecule has 0 fully saturated rings. The van der Waals surface area contributed by atoms with Gasteiger partial charge in [-0.15, -0.1) is 0 Å². The monoisotopic (exact) mass is 284 g/mol. The van der Waals surface area contributed by atoms with Crippen molar-refractivity contribution in [3.63, 3.8) is 0 Å². The molecule has 0 aliphatic heterocycles. The average Bonchev–Trinajstić information content (AvgIpc) is 2.74. The number of nitrogens with zero attached hydrogens (tertiary/aromatic N) is 3. The lowest BCUT2D eigenvalue weighted by atomic mass is 10.0. The Bertz CT molecular complexity index is 648. The molecular weight excluding hydrogens is 273 g/mol. The van der Waals surface area contributed by atoms with Gasteiger partial charge in [0.25, 0.3) is 0 Å². The van der Waals surface area contributed by atoms with Crippen molar-refractivity contribution in [1.29, 1.82) is 0 Å². The molecule has 2 rings (SSSR count). The van der Waals surface area contributed by atoms with Crippen molar-refractivity contribution in [1.82, 2.24) is 14.8 Å². The first kappa shape index (κ1) is 14.0. The number of hydrogen-bond acceptors (Lipinski definition) is 4. The van der Waals surface area contributed by atoms with E-state index < -0.39 is 17.5 Å². The van der Waals surface area contributed by atoms with Gasteiger partial charge in [0, 0.05) is 18.3 Å². The highest BCUT2D eigenvalue weighted by Crippen LogP contribution is 2.31. The normalized spacial score (nSPS) is 11.6. The number of Topliss-reactive ketones (excluding diaryl/α,β-unsaturated/α-hetero) is 1. The molecule has 0 aliphatic rings. The zero-order chi connectivity index (χ0) is 14.9. The molecule has 1 aromatic heterocycles. The number of halogens is 3. The molecule has 0 saturated carbocycles. The van der Waals surface area contributed by atoms with E-state index in [1.807, 2.05) is 0 Å². The fourth-order valence-electron chi connectivity index (χ4n) is 1.69. The molecule has 20 heavy (non-hydrogen) atoms. The molecule has 0 atom stereocenters. The van der Waals surface area contributed by atoms with E-state index >= 15 is 0 Å². The van der Waals surface area contributed by atoms with E-state index in [4.69, 9.17) is 5.73 Å². The van der Waals surface area contributed by atoms with Gasteiger partial charge in [-0.3, -0.25) is 9.48 Å². The summed E-state index contributed by atoms with van der Waals surface area (Å²) in [6.45, 7) is 0. The Hall–Kier alpha value is -2.38. The molecule has 0 unspecified atom stereocenters. The van der Waals surface area contributed by atoms with Gasteiger partial charge in [0.05, 0.1) is 12.0 Å². The highest BCUT2D eigenvalue weighted by Gasteiger charge is 2.31. The summed E-state index contributed by atoms with van der Waals surface area (Å²) in [6, 6.07) is 2.68. The first-order valence-corrected chi connectivity index (χ1v) is 5.62. The third-order valence-electron chi connectivity index (χ3n) is 2.80. The number of benzene rings is 1. The van der Waals surface area contributed by atoms with Crippen molar-refractivity contribution in [2.24, 2.45) is 7.05 Å². The Kier molecular flexibility index (Phi) is 3.47. The Morgan fingerprint density at radius 1 is 1.40 bits per heavy atom. The second kappa shape index (κ2) is 4.95. The Morgan fingerprint density at radius 3 is 2.65 bits per heavy atom. The minimum Gasteiger partial charge on any atom is -0.398 e. The van der Waals surface area contributed by atoms with E-state index in [1.54, 1.807) is 7.05 Å². The van der Waals surface area contributed by atoms with Gasteiger partial charge in [0.2, 0.25) is 0 Å². The number of hydrogen-bond donors (Lipinski definition) is 1. The number of rotatable bonds is 3. The highest BCUT2D eigenvalue weighted by atomic mass is 19.4. The predicted molar refractivity (Wildman–Crippen MR) is 64.9 cm³/mol. The maximum atomic E-state index is 12.6. The van der Waals surface area contributed by atoms with Gasteiger partial charge >= 0.3 is 6.18 Å². The van der Waals surface area contributed by atoms with E-state index in [2.05, 4.69) is 10.1 Å². The molecule has 8 heteroatoms. The van der Waals surface area contributed by atoms with Gasteiger partial charge in [0.1, 0.15) is 12.2 Å². The van der Waals surface area contributed by atoms with Crippen molar-refractivity contribution >= 4 is 11.5 Å². The van der Waals surface area contributed by atoms with Crippen LogP contribution in [0.25, 0.3) is 0 Å². The summed E-state index contributed by atoms with van der Waals surface area (Å²) >= 11 is 0. The summed E-state index contributed by atoms with van der Waals surface area (Å²) in [4.78, 5) is 15.9. The SMILES string of the molecule is Cn1ncnc1CC(=O)c1cc(C(F)(F)F)ccc1N. The van der Waals surface area contributed by atoms with Crippen LogP contribution in [0.15, 0.2) is 24.5 Å². The first-order chi connectivity index (χ1) is 9.29. The molecule has 1 aromatic carbocycles. The van der Waals surface area contributed by atoms with Crippen LogP contribution in [0.3, 0.4) is 0 Å². The average molecular weight is 284 g/mol. The van der Waals surface area contributed by atoms with E-state index in [0.29, 0.717) is 5.82 Å². The standard InChI is InChI=1S/C12H11F3N4O/c1-19-11(17-6-18-19)5-10(20)8-4-7(12(13,14)15)2-3-9(8)16/h2-4,6H,5,16H2,1H3. The molecule has 0 aliphatic carbocycles. The summed E-state index contributed by atoms with van der Waals surface area (Å²) in [5.74, 6) is -0.184. The molecule has 2 N–H and O–H groups in total. The van der Waals surface area contributed by atoms with Gasteiger partial charge in [-0.1, -0.05) is 0 Å². The van der Waals surface area contributed by atoms with Gasteiger partial charge in [-0.25, -0.2) is 4.98 Å². The van der Waals surface area contributed by atoms with Crippen molar-refractivity contribution in [2.45, 2.75) is 12.6 Å². The van der Waals surface area contributed by atoms with Crippen LogP contribution in [0.1, 0.15) is 21.7 Å². The van der Waals surface area contributed by atoms with Crippen molar-refractivity contribution in [3.05, 3.63) is 41.5 Å². The molecule has 0 amide bonds. The molecule has 106 valence electrons. The maximum Gasteiger partial charge on any atom is 0.416 e. The lowest BCUT2D eigenvalue weighted by Crippen LogP contribution is -2.13. The number of carbonyl (C=O) groups is 1. The number of alkyl halides is 3. The van der Waals surface area contributed by atoms with E-state index in [9.17, 15) is 18.0 Å². The number of carbonyl (C=O) groups excluding carboxylic acids is 1. The summed E-state index contributed by atoms with van der Waals surface area (Å²) in [5, 5.41) is 3.78. The fourth-order valence-corrected chi connectivity index (χ4v) is 1.69. The summed E-state index contributed by atoms with van der Waals surface area (Å²) in [5.41, 5.74) is 4.50. The van der Waals surface area contributed by atoms with Crippen molar-refractivity contribution < 1.29 is 18.0 Å². The minimum absolute atomic E-state index is 0.00479. The highest BCUT2D eigenvalue weighted by molar-refractivity contribution is 6.01. The molecule has 5 nitrogen and oxygen atoms in total. The molecule has 0 saturated heterocycles. The zero-order valence-electron chi connectivity index (χ0n) is 10.5. The second-order valence-electron chi connectivity index (χ2n) is 4.20. The van der Waals surface area contributed by atoms with Crippen LogP contribution >= 0.6 is 0 Å². The topological polar surface area (TPSA) is 73.8 Å². The molecule has 0 spiro atoms. The maximum absolute atomic E-state index is 12.6. The number of nitrogens with two attached hydrogens (primary N) is 1. The molecule has 0 radical (unpaired) electrons. The third-order valence-corrected chi connectivity index (χ3v) is 2.80. The van der Waals surface area contributed by atoms with Crippen LogP contribution in [-0.2, 0) is 19.6 Å². The molecule has 2 aromatic rings. The number of aryl methyl sites for hydroxylation is 1. The van der Waals surface area contributed by atoms with Gasteiger partial charge in [-0.2, -0.15) is 18.3 Å². The van der Waals surface area contributed by atoms with Crippen molar-refractivity contribution in [3.8, 4) is 0 Å². The summed E-state index contributed by atoms with van der Waals surface area (Å²) < 4.78 is 39.3. The lowest BCUT2D eigenvalue weighted by molar-refractivity contribution is -0.137. The lowest BCUT2D eigenvalue weighted by Gasteiger charge is -2.10.